The lowest BCUT2D eigenvalue weighted by atomic mass is 10.1. The highest BCUT2D eigenvalue weighted by Crippen LogP contribution is 2.05. The molecule has 7 heteroatoms. The standard InChI is InChI=1S/C14H19N3O4/c15-14(17-19)11-3-1-10(2-4-11)7-13(18)16-8-12-9-20-5-6-21-12/h1-4,12,19H,5-9H2,(H2,15,17)(H,16,18). The second-order valence-corrected chi connectivity index (χ2v) is 4.73. The van der Waals surface area contributed by atoms with E-state index in [1.54, 1.807) is 24.3 Å². The summed E-state index contributed by atoms with van der Waals surface area (Å²) in [6, 6.07) is 6.95. The number of ether oxygens (including phenoxy) is 2. The van der Waals surface area contributed by atoms with Crippen molar-refractivity contribution < 1.29 is 19.5 Å². The molecule has 0 radical (unpaired) electrons. The number of oxime groups is 1. The largest absolute Gasteiger partial charge is 0.409 e. The summed E-state index contributed by atoms with van der Waals surface area (Å²) >= 11 is 0. The van der Waals surface area contributed by atoms with E-state index >= 15 is 0 Å². The molecule has 1 aromatic rings. The van der Waals surface area contributed by atoms with Crippen LogP contribution in [0, 0.1) is 0 Å². The first kappa shape index (κ1) is 15.3. The Labute approximate surface area is 122 Å². The summed E-state index contributed by atoms with van der Waals surface area (Å²) in [5.74, 6) is -0.0406. The molecule has 1 saturated heterocycles. The van der Waals surface area contributed by atoms with Crippen LogP contribution in [0.5, 0.6) is 0 Å². The van der Waals surface area contributed by atoms with E-state index in [0.29, 0.717) is 31.9 Å². The van der Waals surface area contributed by atoms with Crippen LogP contribution in [-0.2, 0) is 20.7 Å². The van der Waals surface area contributed by atoms with Gasteiger partial charge in [-0.2, -0.15) is 0 Å². The van der Waals surface area contributed by atoms with Gasteiger partial charge >= 0.3 is 0 Å². The minimum Gasteiger partial charge on any atom is -0.409 e. The molecule has 1 heterocycles. The van der Waals surface area contributed by atoms with Gasteiger partial charge in [-0.15, -0.1) is 0 Å². The number of hydrogen-bond donors (Lipinski definition) is 3. The minimum absolute atomic E-state index is 0.0421. The molecule has 1 aliphatic heterocycles. The summed E-state index contributed by atoms with van der Waals surface area (Å²) in [6.45, 7) is 2.13. The Morgan fingerprint density at radius 2 is 2.14 bits per heavy atom. The van der Waals surface area contributed by atoms with Crippen LogP contribution in [0.25, 0.3) is 0 Å². The molecule has 21 heavy (non-hydrogen) atoms. The van der Waals surface area contributed by atoms with Gasteiger partial charge < -0.3 is 25.7 Å². The number of amides is 1. The maximum Gasteiger partial charge on any atom is 0.224 e. The van der Waals surface area contributed by atoms with Crippen molar-refractivity contribution in [1.82, 2.24) is 5.32 Å². The lowest BCUT2D eigenvalue weighted by Gasteiger charge is -2.23. The van der Waals surface area contributed by atoms with Gasteiger partial charge in [-0.25, -0.2) is 0 Å². The number of nitrogens with zero attached hydrogens (tertiary/aromatic N) is 1. The Hall–Kier alpha value is -2.12. The van der Waals surface area contributed by atoms with Crippen LogP contribution in [0.2, 0.25) is 0 Å². The van der Waals surface area contributed by atoms with Gasteiger partial charge in [0.15, 0.2) is 5.84 Å². The molecule has 4 N–H and O–H groups in total. The Balaban J connectivity index is 1.79. The Morgan fingerprint density at radius 3 is 2.76 bits per heavy atom. The van der Waals surface area contributed by atoms with E-state index in [4.69, 9.17) is 20.4 Å². The third-order valence-electron chi connectivity index (χ3n) is 3.13. The summed E-state index contributed by atoms with van der Waals surface area (Å²) in [6.07, 6.45) is 0.190. The molecule has 1 fully saturated rings. The molecule has 2 rings (SSSR count). The van der Waals surface area contributed by atoms with Gasteiger partial charge in [0.2, 0.25) is 5.91 Å². The van der Waals surface area contributed by atoms with E-state index < -0.39 is 0 Å². The molecule has 1 unspecified atom stereocenters. The van der Waals surface area contributed by atoms with Crippen LogP contribution in [0.3, 0.4) is 0 Å². The van der Waals surface area contributed by atoms with Crippen LogP contribution in [-0.4, -0.2) is 49.4 Å². The van der Waals surface area contributed by atoms with Crippen molar-refractivity contribution in [3.63, 3.8) is 0 Å². The zero-order chi connectivity index (χ0) is 15.1. The van der Waals surface area contributed by atoms with Crippen molar-refractivity contribution in [2.75, 3.05) is 26.4 Å². The average Bonchev–Trinajstić information content (AvgIpc) is 2.54. The van der Waals surface area contributed by atoms with Gasteiger partial charge in [0.1, 0.15) is 0 Å². The predicted octanol–water partition coefficient (Wildman–Crippen LogP) is -0.145. The lowest BCUT2D eigenvalue weighted by molar-refractivity contribution is -0.123. The number of nitrogens with one attached hydrogen (secondary N) is 1. The summed E-state index contributed by atoms with van der Waals surface area (Å²) in [4.78, 5) is 11.8. The van der Waals surface area contributed by atoms with Crippen LogP contribution >= 0.6 is 0 Å². The highest BCUT2D eigenvalue weighted by atomic mass is 16.6. The topological polar surface area (TPSA) is 106 Å². The SMILES string of the molecule is NC(=NO)c1ccc(CC(=O)NCC2COCCO2)cc1. The van der Waals surface area contributed by atoms with Gasteiger partial charge in [0, 0.05) is 12.1 Å². The summed E-state index contributed by atoms with van der Waals surface area (Å²) in [5.41, 5.74) is 6.93. The van der Waals surface area contributed by atoms with E-state index in [2.05, 4.69) is 10.5 Å². The Bertz CT molecular complexity index is 495. The molecule has 114 valence electrons. The zero-order valence-electron chi connectivity index (χ0n) is 11.6. The number of amidine groups is 1. The molecule has 0 saturated carbocycles. The molecule has 1 atom stereocenters. The lowest BCUT2D eigenvalue weighted by Crippen LogP contribution is -2.40. The molecule has 0 aliphatic carbocycles. The molecular formula is C14H19N3O4. The maximum atomic E-state index is 11.8. The van der Waals surface area contributed by atoms with Crippen molar-refractivity contribution in [1.29, 1.82) is 0 Å². The van der Waals surface area contributed by atoms with Crippen LogP contribution in [0.15, 0.2) is 29.4 Å². The van der Waals surface area contributed by atoms with Crippen molar-refractivity contribution in [2.24, 2.45) is 10.9 Å². The summed E-state index contributed by atoms with van der Waals surface area (Å²) < 4.78 is 10.7. The molecule has 0 bridgehead atoms. The smallest absolute Gasteiger partial charge is 0.224 e. The quantitative estimate of drug-likeness (QED) is 0.303. The number of hydrogen-bond acceptors (Lipinski definition) is 5. The number of rotatable bonds is 5. The zero-order valence-corrected chi connectivity index (χ0v) is 11.6. The van der Waals surface area contributed by atoms with Gasteiger partial charge in [-0.1, -0.05) is 29.4 Å². The molecule has 0 spiro atoms. The normalized spacial score (nSPS) is 19.2. The van der Waals surface area contributed by atoms with Gasteiger partial charge in [0.05, 0.1) is 32.3 Å². The highest BCUT2D eigenvalue weighted by molar-refractivity contribution is 5.97. The number of carbonyl (C=O) groups is 1. The molecular weight excluding hydrogens is 274 g/mol. The van der Waals surface area contributed by atoms with E-state index in [9.17, 15) is 4.79 Å². The highest BCUT2D eigenvalue weighted by Gasteiger charge is 2.15. The maximum absolute atomic E-state index is 11.8. The third-order valence-corrected chi connectivity index (χ3v) is 3.13. The first-order chi connectivity index (χ1) is 10.2. The van der Waals surface area contributed by atoms with E-state index in [-0.39, 0.29) is 24.3 Å². The monoisotopic (exact) mass is 293 g/mol. The Kier molecular flexibility index (Phi) is 5.53. The van der Waals surface area contributed by atoms with Crippen molar-refractivity contribution in [3.8, 4) is 0 Å². The fraction of sp³-hybridized carbons (Fsp3) is 0.429. The molecule has 1 aliphatic rings. The second kappa shape index (κ2) is 7.61. The number of benzene rings is 1. The summed E-state index contributed by atoms with van der Waals surface area (Å²) in [5, 5.41) is 14.3. The number of nitrogens with two attached hydrogens (primary N) is 1. The first-order valence-electron chi connectivity index (χ1n) is 6.72. The van der Waals surface area contributed by atoms with Crippen molar-refractivity contribution in [2.45, 2.75) is 12.5 Å². The fourth-order valence-electron chi connectivity index (χ4n) is 1.98. The first-order valence-corrected chi connectivity index (χ1v) is 6.72. The van der Waals surface area contributed by atoms with Gasteiger partial charge in [0.25, 0.3) is 0 Å². The van der Waals surface area contributed by atoms with Crippen molar-refractivity contribution in [3.05, 3.63) is 35.4 Å². The van der Waals surface area contributed by atoms with Crippen molar-refractivity contribution >= 4 is 11.7 Å². The predicted molar refractivity (Wildman–Crippen MR) is 76.2 cm³/mol. The van der Waals surface area contributed by atoms with E-state index in [1.807, 2.05) is 0 Å². The van der Waals surface area contributed by atoms with Crippen LogP contribution < -0.4 is 11.1 Å². The Morgan fingerprint density at radius 1 is 1.38 bits per heavy atom. The van der Waals surface area contributed by atoms with Gasteiger partial charge in [-0.3, -0.25) is 4.79 Å². The average molecular weight is 293 g/mol. The molecule has 7 nitrogen and oxygen atoms in total. The molecule has 1 aromatic carbocycles. The van der Waals surface area contributed by atoms with E-state index in [0.717, 1.165) is 5.56 Å². The summed E-state index contributed by atoms with van der Waals surface area (Å²) in [7, 11) is 0. The molecule has 0 aromatic heterocycles. The fourth-order valence-corrected chi connectivity index (χ4v) is 1.98. The van der Waals surface area contributed by atoms with E-state index in [1.165, 1.54) is 0 Å². The molecule has 1 amide bonds. The minimum atomic E-state index is -0.0827. The van der Waals surface area contributed by atoms with Gasteiger partial charge in [-0.05, 0) is 5.56 Å². The van der Waals surface area contributed by atoms with Crippen LogP contribution in [0.1, 0.15) is 11.1 Å². The van der Waals surface area contributed by atoms with Crippen LogP contribution in [0.4, 0.5) is 0 Å². The number of carbonyl (C=O) groups excluding carboxylic acids is 1. The third kappa shape index (κ3) is 4.73. The second-order valence-electron chi connectivity index (χ2n) is 4.73.